The smallest absolute Gasteiger partial charge is 0.141 e. The SMILES string of the molecule is CNCc1nn(C)cc1-c1ccc(F)c(Cl)c1. The van der Waals surface area contributed by atoms with Gasteiger partial charge < -0.3 is 5.32 Å². The van der Waals surface area contributed by atoms with Crippen molar-refractivity contribution in [3.05, 3.63) is 40.9 Å². The number of aryl methyl sites for hydroxylation is 1. The Morgan fingerprint density at radius 2 is 2.24 bits per heavy atom. The predicted molar refractivity (Wildman–Crippen MR) is 66.4 cm³/mol. The molecule has 1 aromatic heterocycles. The van der Waals surface area contributed by atoms with Crippen LogP contribution < -0.4 is 5.32 Å². The van der Waals surface area contributed by atoms with Crippen LogP contribution in [-0.2, 0) is 13.6 Å². The van der Waals surface area contributed by atoms with Gasteiger partial charge in [0.15, 0.2) is 0 Å². The highest BCUT2D eigenvalue weighted by atomic mass is 35.5. The highest BCUT2D eigenvalue weighted by molar-refractivity contribution is 6.31. The second kappa shape index (κ2) is 4.85. The molecule has 0 bridgehead atoms. The number of nitrogens with one attached hydrogen (secondary N) is 1. The molecule has 0 fully saturated rings. The van der Waals surface area contributed by atoms with Gasteiger partial charge in [0.2, 0.25) is 0 Å². The van der Waals surface area contributed by atoms with Crippen molar-refractivity contribution in [2.75, 3.05) is 7.05 Å². The van der Waals surface area contributed by atoms with E-state index >= 15 is 0 Å². The summed E-state index contributed by atoms with van der Waals surface area (Å²) in [5.74, 6) is -0.408. The maximum Gasteiger partial charge on any atom is 0.141 e. The quantitative estimate of drug-likeness (QED) is 0.911. The molecule has 0 aliphatic carbocycles. The lowest BCUT2D eigenvalue weighted by Gasteiger charge is -2.03. The number of hydrogen-bond acceptors (Lipinski definition) is 2. The zero-order valence-electron chi connectivity index (χ0n) is 9.67. The number of nitrogens with zero attached hydrogens (tertiary/aromatic N) is 2. The van der Waals surface area contributed by atoms with Gasteiger partial charge in [0, 0.05) is 25.4 Å². The molecule has 1 aromatic carbocycles. The van der Waals surface area contributed by atoms with Crippen LogP contribution in [0.3, 0.4) is 0 Å². The van der Waals surface area contributed by atoms with Crippen molar-refractivity contribution in [2.24, 2.45) is 7.05 Å². The monoisotopic (exact) mass is 253 g/mol. The normalized spacial score (nSPS) is 10.8. The Bertz CT molecular complexity index is 537. The van der Waals surface area contributed by atoms with E-state index < -0.39 is 5.82 Å². The van der Waals surface area contributed by atoms with Gasteiger partial charge in [-0.1, -0.05) is 17.7 Å². The number of halogens is 2. The number of hydrogen-bond donors (Lipinski definition) is 1. The summed E-state index contributed by atoms with van der Waals surface area (Å²) in [7, 11) is 3.71. The van der Waals surface area contributed by atoms with Gasteiger partial charge in [0.1, 0.15) is 5.82 Å². The molecule has 0 atom stereocenters. The molecule has 0 radical (unpaired) electrons. The molecule has 0 saturated carbocycles. The molecule has 0 unspecified atom stereocenters. The van der Waals surface area contributed by atoms with E-state index in [2.05, 4.69) is 10.4 Å². The molecule has 0 aliphatic heterocycles. The van der Waals surface area contributed by atoms with Gasteiger partial charge >= 0.3 is 0 Å². The van der Waals surface area contributed by atoms with Gasteiger partial charge in [-0.25, -0.2) is 4.39 Å². The molecular formula is C12H13ClFN3. The molecular weight excluding hydrogens is 241 g/mol. The van der Waals surface area contributed by atoms with Crippen LogP contribution in [0.4, 0.5) is 4.39 Å². The summed E-state index contributed by atoms with van der Waals surface area (Å²) in [6.07, 6.45) is 1.90. The molecule has 0 saturated heterocycles. The Kier molecular flexibility index (Phi) is 3.45. The Morgan fingerprint density at radius 1 is 1.47 bits per heavy atom. The third-order valence-corrected chi connectivity index (χ3v) is 2.77. The van der Waals surface area contributed by atoms with Crippen molar-refractivity contribution >= 4 is 11.6 Å². The van der Waals surface area contributed by atoms with Crippen molar-refractivity contribution in [2.45, 2.75) is 6.54 Å². The van der Waals surface area contributed by atoms with Crippen LogP contribution in [0.15, 0.2) is 24.4 Å². The third kappa shape index (κ3) is 2.48. The fourth-order valence-electron chi connectivity index (χ4n) is 1.74. The lowest BCUT2D eigenvalue weighted by atomic mass is 10.1. The first kappa shape index (κ1) is 12.1. The fourth-order valence-corrected chi connectivity index (χ4v) is 1.92. The first-order valence-electron chi connectivity index (χ1n) is 5.24. The zero-order valence-corrected chi connectivity index (χ0v) is 10.4. The van der Waals surface area contributed by atoms with E-state index in [1.165, 1.54) is 6.07 Å². The van der Waals surface area contributed by atoms with Crippen LogP contribution in [-0.4, -0.2) is 16.8 Å². The van der Waals surface area contributed by atoms with E-state index in [-0.39, 0.29) is 5.02 Å². The van der Waals surface area contributed by atoms with Gasteiger partial charge in [0.25, 0.3) is 0 Å². The number of aromatic nitrogens is 2. The fraction of sp³-hybridized carbons (Fsp3) is 0.250. The number of benzene rings is 1. The molecule has 5 heteroatoms. The molecule has 2 rings (SSSR count). The van der Waals surface area contributed by atoms with E-state index in [0.29, 0.717) is 6.54 Å². The minimum Gasteiger partial charge on any atom is -0.314 e. The summed E-state index contributed by atoms with van der Waals surface area (Å²) in [5, 5.41) is 7.52. The molecule has 0 aliphatic rings. The molecule has 1 N–H and O–H groups in total. The second-order valence-corrected chi connectivity index (χ2v) is 4.23. The first-order chi connectivity index (χ1) is 8.11. The Labute approximate surface area is 104 Å². The topological polar surface area (TPSA) is 29.9 Å². The van der Waals surface area contributed by atoms with Gasteiger partial charge in [-0.3, -0.25) is 4.68 Å². The molecule has 0 amide bonds. The highest BCUT2D eigenvalue weighted by Gasteiger charge is 2.10. The summed E-state index contributed by atoms with van der Waals surface area (Å²) in [6, 6.07) is 4.69. The second-order valence-electron chi connectivity index (χ2n) is 3.82. The van der Waals surface area contributed by atoms with Crippen molar-refractivity contribution < 1.29 is 4.39 Å². The van der Waals surface area contributed by atoms with Crippen LogP contribution in [0.2, 0.25) is 5.02 Å². The third-order valence-electron chi connectivity index (χ3n) is 2.48. The summed E-state index contributed by atoms with van der Waals surface area (Å²) in [5.41, 5.74) is 2.75. The van der Waals surface area contributed by atoms with Crippen LogP contribution in [0, 0.1) is 5.82 Å². The molecule has 0 spiro atoms. The predicted octanol–water partition coefficient (Wildman–Crippen LogP) is 2.60. The maximum atomic E-state index is 13.1. The van der Waals surface area contributed by atoms with Gasteiger partial charge in [0.05, 0.1) is 10.7 Å². The van der Waals surface area contributed by atoms with Crippen molar-refractivity contribution in [1.82, 2.24) is 15.1 Å². The minimum atomic E-state index is -0.408. The summed E-state index contributed by atoms with van der Waals surface area (Å²) < 4.78 is 14.8. The van der Waals surface area contributed by atoms with E-state index in [1.807, 2.05) is 20.3 Å². The maximum absolute atomic E-state index is 13.1. The lowest BCUT2D eigenvalue weighted by Crippen LogP contribution is -2.07. The van der Waals surface area contributed by atoms with Crippen LogP contribution in [0.5, 0.6) is 0 Å². The average molecular weight is 254 g/mol. The molecule has 2 aromatic rings. The Balaban J connectivity index is 2.47. The molecule has 3 nitrogen and oxygen atoms in total. The van der Waals surface area contributed by atoms with E-state index in [1.54, 1.807) is 16.8 Å². The summed E-state index contributed by atoms with van der Waals surface area (Å²) in [6.45, 7) is 0.658. The summed E-state index contributed by atoms with van der Waals surface area (Å²) >= 11 is 5.78. The Morgan fingerprint density at radius 3 is 2.88 bits per heavy atom. The van der Waals surface area contributed by atoms with Crippen LogP contribution >= 0.6 is 11.6 Å². The Hall–Kier alpha value is -1.39. The average Bonchev–Trinajstić information content (AvgIpc) is 2.64. The van der Waals surface area contributed by atoms with Crippen molar-refractivity contribution in [3.63, 3.8) is 0 Å². The highest BCUT2D eigenvalue weighted by Crippen LogP contribution is 2.27. The van der Waals surface area contributed by atoms with Gasteiger partial charge in [-0.2, -0.15) is 5.10 Å². The van der Waals surface area contributed by atoms with Crippen molar-refractivity contribution in [3.8, 4) is 11.1 Å². The molecule has 1 heterocycles. The van der Waals surface area contributed by atoms with Crippen molar-refractivity contribution in [1.29, 1.82) is 0 Å². The molecule has 17 heavy (non-hydrogen) atoms. The van der Waals surface area contributed by atoms with E-state index in [4.69, 9.17) is 11.6 Å². The van der Waals surface area contributed by atoms with Crippen LogP contribution in [0.1, 0.15) is 5.69 Å². The van der Waals surface area contributed by atoms with E-state index in [9.17, 15) is 4.39 Å². The van der Waals surface area contributed by atoms with Gasteiger partial charge in [-0.05, 0) is 24.7 Å². The van der Waals surface area contributed by atoms with E-state index in [0.717, 1.165) is 16.8 Å². The summed E-state index contributed by atoms with van der Waals surface area (Å²) in [4.78, 5) is 0. The molecule has 90 valence electrons. The standard InChI is InChI=1S/C12H13ClFN3/c1-15-6-12-9(7-17(2)16-12)8-3-4-11(14)10(13)5-8/h3-5,7,15H,6H2,1-2H3. The van der Waals surface area contributed by atoms with Crippen LogP contribution in [0.25, 0.3) is 11.1 Å². The zero-order chi connectivity index (χ0) is 12.4. The minimum absolute atomic E-state index is 0.127. The lowest BCUT2D eigenvalue weighted by molar-refractivity contribution is 0.628. The largest absolute Gasteiger partial charge is 0.314 e. The first-order valence-corrected chi connectivity index (χ1v) is 5.62. The van der Waals surface area contributed by atoms with Gasteiger partial charge in [-0.15, -0.1) is 0 Å². The number of rotatable bonds is 3.